The van der Waals surface area contributed by atoms with E-state index in [1.165, 1.54) is 5.69 Å². The van der Waals surface area contributed by atoms with Crippen molar-refractivity contribution in [3.05, 3.63) is 55.1 Å². The molecule has 27 heavy (non-hydrogen) atoms. The summed E-state index contributed by atoms with van der Waals surface area (Å²) in [5, 5.41) is 6.91. The van der Waals surface area contributed by atoms with E-state index in [9.17, 15) is 0 Å². The summed E-state index contributed by atoms with van der Waals surface area (Å²) in [6.07, 6.45) is 7.34. The van der Waals surface area contributed by atoms with Crippen molar-refractivity contribution in [2.75, 3.05) is 38.1 Å². The number of aromatic amines is 1. The van der Waals surface area contributed by atoms with Crippen LogP contribution in [-0.2, 0) is 0 Å². The second kappa shape index (κ2) is 6.51. The molecule has 0 bridgehead atoms. The summed E-state index contributed by atoms with van der Waals surface area (Å²) >= 11 is 0. The quantitative estimate of drug-likeness (QED) is 0.609. The topological polar surface area (TPSA) is 65.3 Å². The van der Waals surface area contributed by atoms with E-state index < -0.39 is 0 Å². The van der Waals surface area contributed by atoms with Crippen molar-refractivity contribution < 1.29 is 0 Å². The van der Waals surface area contributed by atoms with E-state index in [4.69, 9.17) is 4.98 Å². The molecular weight excluding hydrogens is 338 g/mol. The van der Waals surface area contributed by atoms with Gasteiger partial charge in [0.05, 0.1) is 17.5 Å². The first-order chi connectivity index (χ1) is 13.3. The van der Waals surface area contributed by atoms with Crippen molar-refractivity contribution in [3.8, 4) is 22.6 Å². The van der Waals surface area contributed by atoms with Crippen molar-refractivity contribution >= 4 is 11.3 Å². The Kier molecular flexibility index (Phi) is 3.86. The van der Waals surface area contributed by atoms with E-state index in [1.54, 1.807) is 12.4 Å². The van der Waals surface area contributed by atoms with Crippen LogP contribution in [0, 0.1) is 0 Å². The van der Waals surface area contributed by atoms with Crippen LogP contribution >= 0.6 is 0 Å². The number of rotatable bonds is 3. The van der Waals surface area contributed by atoms with E-state index in [2.05, 4.69) is 56.3 Å². The highest BCUT2D eigenvalue weighted by atomic mass is 15.2. The number of imidazole rings is 1. The van der Waals surface area contributed by atoms with Crippen LogP contribution in [0.15, 0.2) is 55.1 Å². The Bertz CT molecular complexity index is 1040. The van der Waals surface area contributed by atoms with Gasteiger partial charge < -0.3 is 9.80 Å². The number of nitrogens with one attached hydrogen (secondary N) is 1. The van der Waals surface area contributed by atoms with Crippen LogP contribution in [0.5, 0.6) is 0 Å². The Morgan fingerprint density at radius 3 is 2.56 bits per heavy atom. The van der Waals surface area contributed by atoms with Crippen LogP contribution in [0.3, 0.4) is 0 Å². The van der Waals surface area contributed by atoms with Crippen molar-refractivity contribution in [1.29, 1.82) is 0 Å². The molecule has 4 aromatic rings. The maximum absolute atomic E-state index is 4.88. The minimum atomic E-state index is 0.830. The van der Waals surface area contributed by atoms with E-state index in [0.717, 1.165) is 54.5 Å². The number of hydrogen-bond acceptors (Lipinski definition) is 5. The zero-order chi connectivity index (χ0) is 18.2. The molecule has 0 radical (unpaired) electrons. The van der Waals surface area contributed by atoms with Gasteiger partial charge in [0.25, 0.3) is 0 Å². The Morgan fingerprint density at radius 2 is 1.81 bits per heavy atom. The molecule has 7 heteroatoms. The lowest BCUT2D eigenvalue weighted by Crippen LogP contribution is -2.44. The molecule has 0 spiro atoms. The number of likely N-dealkylation sites (N-methyl/N-ethyl adjacent to an activating group) is 1. The lowest BCUT2D eigenvalue weighted by Gasteiger charge is -2.34. The fraction of sp³-hybridized carbons (Fsp3) is 0.250. The first-order valence-electron chi connectivity index (χ1n) is 9.15. The van der Waals surface area contributed by atoms with Crippen molar-refractivity contribution in [2.45, 2.75) is 0 Å². The number of nitrogens with zero attached hydrogens (tertiary/aromatic N) is 6. The van der Waals surface area contributed by atoms with Gasteiger partial charge in [-0.25, -0.2) is 9.97 Å². The number of anilines is 1. The van der Waals surface area contributed by atoms with E-state index >= 15 is 0 Å². The number of aromatic nitrogens is 5. The normalized spacial score (nSPS) is 15.5. The lowest BCUT2D eigenvalue weighted by atomic mass is 10.1. The first kappa shape index (κ1) is 16.0. The average molecular weight is 359 g/mol. The third-order valence-electron chi connectivity index (χ3n) is 5.18. The molecule has 4 heterocycles. The minimum Gasteiger partial charge on any atom is -0.369 e. The Labute approximate surface area is 157 Å². The second-order valence-electron chi connectivity index (χ2n) is 6.94. The van der Waals surface area contributed by atoms with E-state index in [0.29, 0.717) is 0 Å². The smallest absolute Gasteiger partial charge is 0.149 e. The summed E-state index contributed by atoms with van der Waals surface area (Å²) in [5.74, 6) is 0.830. The molecule has 0 amide bonds. The van der Waals surface area contributed by atoms with Gasteiger partial charge in [-0.2, -0.15) is 5.10 Å². The summed E-state index contributed by atoms with van der Waals surface area (Å²) in [6.45, 7) is 4.35. The first-order valence-corrected chi connectivity index (χ1v) is 9.15. The van der Waals surface area contributed by atoms with Gasteiger partial charge in [-0.3, -0.25) is 9.50 Å². The van der Waals surface area contributed by atoms with Crippen LogP contribution in [0.2, 0.25) is 0 Å². The third-order valence-corrected chi connectivity index (χ3v) is 5.18. The van der Waals surface area contributed by atoms with Crippen molar-refractivity contribution in [3.63, 3.8) is 0 Å². The van der Waals surface area contributed by atoms with Crippen LogP contribution in [0.4, 0.5) is 5.69 Å². The van der Waals surface area contributed by atoms with Gasteiger partial charge in [-0.05, 0) is 19.2 Å². The molecular formula is C20H21N7. The summed E-state index contributed by atoms with van der Waals surface area (Å²) in [6, 6.07) is 10.7. The fourth-order valence-corrected chi connectivity index (χ4v) is 3.56. The summed E-state index contributed by atoms with van der Waals surface area (Å²) in [4.78, 5) is 14.1. The van der Waals surface area contributed by atoms with Gasteiger partial charge >= 0.3 is 0 Å². The minimum absolute atomic E-state index is 0.830. The van der Waals surface area contributed by atoms with Crippen LogP contribution in [-0.4, -0.2) is 62.7 Å². The fourth-order valence-electron chi connectivity index (χ4n) is 3.56. The SMILES string of the molecule is CN1CCN(c2ccc(-c3cc4nccn4c(-c4cn[nH]c4)n3)cc2)CC1. The lowest BCUT2D eigenvalue weighted by molar-refractivity contribution is 0.313. The average Bonchev–Trinajstić information content (AvgIpc) is 3.40. The van der Waals surface area contributed by atoms with Gasteiger partial charge in [0.2, 0.25) is 0 Å². The maximum atomic E-state index is 4.88. The molecule has 0 atom stereocenters. The molecule has 0 unspecified atom stereocenters. The van der Waals surface area contributed by atoms with Gasteiger partial charge in [-0.1, -0.05) is 12.1 Å². The van der Waals surface area contributed by atoms with Crippen LogP contribution in [0.25, 0.3) is 28.3 Å². The summed E-state index contributed by atoms with van der Waals surface area (Å²) in [7, 11) is 2.18. The Morgan fingerprint density at radius 1 is 1.00 bits per heavy atom. The molecule has 7 nitrogen and oxygen atoms in total. The monoisotopic (exact) mass is 359 g/mol. The Hall–Kier alpha value is -3.19. The highest BCUT2D eigenvalue weighted by Crippen LogP contribution is 2.26. The Balaban J connectivity index is 1.50. The van der Waals surface area contributed by atoms with E-state index in [-0.39, 0.29) is 0 Å². The zero-order valence-electron chi connectivity index (χ0n) is 15.2. The third kappa shape index (κ3) is 2.96. The molecule has 0 aliphatic carbocycles. The van der Waals surface area contributed by atoms with E-state index in [1.807, 2.05) is 22.9 Å². The van der Waals surface area contributed by atoms with Gasteiger partial charge in [0, 0.05) is 62.1 Å². The number of H-pyrrole nitrogens is 1. The molecule has 1 aliphatic rings. The molecule has 0 saturated carbocycles. The maximum Gasteiger partial charge on any atom is 0.149 e. The second-order valence-corrected chi connectivity index (χ2v) is 6.94. The van der Waals surface area contributed by atoms with Crippen LogP contribution < -0.4 is 4.90 Å². The van der Waals surface area contributed by atoms with Gasteiger partial charge in [0.1, 0.15) is 11.5 Å². The highest BCUT2D eigenvalue weighted by Gasteiger charge is 2.15. The molecule has 1 aromatic carbocycles. The standard InChI is InChI=1S/C20H21N7/c1-25-8-10-26(11-9-25)17-4-2-15(3-5-17)18-12-19-21-6-7-27(19)20(24-18)16-13-22-23-14-16/h2-7,12-14H,8-11H2,1H3,(H,22,23). The number of hydrogen-bond donors (Lipinski definition) is 1. The van der Waals surface area contributed by atoms with Crippen molar-refractivity contribution in [2.24, 2.45) is 0 Å². The molecule has 136 valence electrons. The predicted molar refractivity (Wildman–Crippen MR) is 106 cm³/mol. The van der Waals surface area contributed by atoms with Gasteiger partial charge in [-0.15, -0.1) is 0 Å². The molecule has 1 saturated heterocycles. The number of fused-ring (bicyclic) bond motifs is 1. The molecule has 1 aliphatic heterocycles. The molecule has 1 N–H and O–H groups in total. The van der Waals surface area contributed by atoms with Crippen LogP contribution in [0.1, 0.15) is 0 Å². The summed E-state index contributed by atoms with van der Waals surface area (Å²) in [5.41, 5.74) is 5.08. The number of benzene rings is 1. The van der Waals surface area contributed by atoms with Gasteiger partial charge in [0.15, 0.2) is 0 Å². The molecule has 3 aromatic heterocycles. The van der Waals surface area contributed by atoms with Crippen molar-refractivity contribution in [1.82, 2.24) is 29.5 Å². The largest absolute Gasteiger partial charge is 0.369 e. The highest BCUT2D eigenvalue weighted by molar-refractivity contribution is 5.70. The molecule has 1 fully saturated rings. The predicted octanol–water partition coefficient (Wildman–Crippen LogP) is 2.54. The molecule has 5 rings (SSSR count). The summed E-state index contributed by atoms with van der Waals surface area (Å²) < 4.78 is 1.98. The number of piperazine rings is 1. The zero-order valence-corrected chi connectivity index (χ0v) is 15.2.